The Balaban J connectivity index is 1.34. The quantitative estimate of drug-likeness (QED) is 0.359. The third kappa shape index (κ3) is 4.40. The molecule has 35 heavy (non-hydrogen) atoms. The number of H-pyrrole nitrogens is 1. The molecule has 0 saturated heterocycles. The van der Waals surface area contributed by atoms with Gasteiger partial charge in [0.15, 0.2) is 6.73 Å². The van der Waals surface area contributed by atoms with Crippen LogP contribution in [0.3, 0.4) is 0 Å². The summed E-state index contributed by atoms with van der Waals surface area (Å²) in [6.07, 6.45) is 0. The van der Waals surface area contributed by atoms with Crippen LogP contribution < -0.4 is 20.3 Å². The van der Waals surface area contributed by atoms with Crippen LogP contribution >= 0.6 is 22.9 Å². The van der Waals surface area contributed by atoms with E-state index in [1.807, 2.05) is 0 Å². The molecule has 1 atom stereocenters. The summed E-state index contributed by atoms with van der Waals surface area (Å²) in [6.45, 7) is -0.0504. The predicted molar refractivity (Wildman–Crippen MR) is 128 cm³/mol. The Morgan fingerprint density at radius 1 is 1.26 bits per heavy atom. The molecule has 0 bridgehead atoms. The highest BCUT2D eigenvalue weighted by atomic mass is 35.5. The molecule has 1 aliphatic rings. The molecule has 0 saturated carbocycles. The number of rotatable bonds is 6. The average molecular weight is 514 g/mol. The number of hydrogen-bond acceptors (Lipinski definition) is 8. The van der Waals surface area contributed by atoms with Gasteiger partial charge in [-0.25, -0.2) is 4.39 Å². The van der Waals surface area contributed by atoms with Gasteiger partial charge < -0.3 is 15.4 Å². The minimum absolute atomic E-state index is 0.0504. The number of fused-ring (bicyclic) bond motifs is 1. The van der Waals surface area contributed by atoms with E-state index in [9.17, 15) is 14.0 Å². The molecule has 2 aromatic heterocycles. The lowest BCUT2D eigenvalue weighted by Gasteiger charge is -2.29. The highest BCUT2D eigenvalue weighted by Gasteiger charge is 2.29. The zero-order chi connectivity index (χ0) is 24.5. The number of aromatic amines is 1. The van der Waals surface area contributed by atoms with Gasteiger partial charge in [0.2, 0.25) is 5.82 Å². The summed E-state index contributed by atoms with van der Waals surface area (Å²) in [5.41, 5.74) is 1.20. The maximum atomic E-state index is 14.2. The van der Waals surface area contributed by atoms with Crippen molar-refractivity contribution in [3.8, 4) is 5.75 Å². The van der Waals surface area contributed by atoms with Gasteiger partial charge in [-0.2, -0.15) is 5.21 Å². The number of nitrogens with zero attached hydrogens (tertiary/aromatic N) is 4. The van der Waals surface area contributed by atoms with Crippen LogP contribution in [0.1, 0.15) is 37.5 Å². The van der Waals surface area contributed by atoms with Crippen LogP contribution in [0, 0.1) is 5.82 Å². The molecule has 1 aliphatic heterocycles. The van der Waals surface area contributed by atoms with Crippen molar-refractivity contribution < 1.29 is 18.7 Å². The molecule has 4 aromatic rings. The highest BCUT2D eigenvalue weighted by molar-refractivity contribution is 7.16. The third-order valence-corrected chi connectivity index (χ3v) is 6.67. The second-order valence-corrected chi connectivity index (χ2v) is 9.20. The van der Waals surface area contributed by atoms with Gasteiger partial charge in [0.1, 0.15) is 17.6 Å². The molecular formula is C22H17ClFN7O3S. The molecule has 5 rings (SSSR count). The van der Waals surface area contributed by atoms with Crippen molar-refractivity contribution in [3.05, 3.63) is 80.5 Å². The number of thiophene rings is 1. The predicted octanol–water partition coefficient (Wildman–Crippen LogP) is 3.61. The van der Waals surface area contributed by atoms with Gasteiger partial charge in [0.25, 0.3) is 11.8 Å². The monoisotopic (exact) mass is 513 g/mol. The molecule has 0 fully saturated rings. The minimum atomic E-state index is -0.649. The van der Waals surface area contributed by atoms with Gasteiger partial charge in [0.05, 0.1) is 15.6 Å². The maximum absolute atomic E-state index is 14.2. The molecule has 0 spiro atoms. The van der Waals surface area contributed by atoms with E-state index in [0.29, 0.717) is 21.3 Å². The largest absolute Gasteiger partial charge is 0.472 e. The summed E-state index contributed by atoms with van der Waals surface area (Å²) in [6, 6.07) is 11.8. The maximum Gasteiger partial charge on any atom is 0.264 e. The van der Waals surface area contributed by atoms with Gasteiger partial charge in [-0.05, 0) is 42.5 Å². The Bertz CT molecular complexity index is 1390. The lowest BCUT2D eigenvalue weighted by Crippen LogP contribution is -2.38. The molecule has 2 amide bonds. The summed E-state index contributed by atoms with van der Waals surface area (Å²) >= 11 is 7.34. The Morgan fingerprint density at radius 3 is 2.71 bits per heavy atom. The van der Waals surface area contributed by atoms with Crippen molar-refractivity contribution in [2.45, 2.75) is 6.04 Å². The normalized spacial score (nSPS) is 13.7. The number of tetrazole rings is 1. The number of aromatic nitrogens is 4. The zero-order valence-electron chi connectivity index (χ0n) is 18.1. The topological polar surface area (TPSA) is 125 Å². The number of benzene rings is 2. The highest BCUT2D eigenvalue weighted by Crippen LogP contribution is 2.33. The van der Waals surface area contributed by atoms with Crippen LogP contribution in [-0.4, -0.2) is 46.2 Å². The van der Waals surface area contributed by atoms with Gasteiger partial charge in [-0.3, -0.25) is 14.5 Å². The first-order valence-corrected chi connectivity index (χ1v) is 11.5. The Hall–Kier alpha value is -4.03. The van der Waals surface area contributed by atoms with E-state index < -0.39 is 17.8 Å². The number of carbonyl (C=O) groups is 2. The van der Waals surface area contributed by atoms with E-state index in [-0.39, 0.29) is 29.7 Å². The van der Waals surface area contributed by atoms with Crippen LogP contribution in [0.2, 0.25) is 4.34 Å². The van der Waals surface area contributed by atoms with Crippen molar-refractivity contribution in [1.29, 1.82) is 0 Å². The van der Waals surface area contributed by atoms with E-state index in [0.717, 1.165) is 10.9 Å². The minimum Gasteiger partial charge on any atom is -0.472 e. The lowest BCUT2D eigenvalue weighted by molar-refractivity contribution is 0.0932. The fourth-order valence-corrected chi connectivity index (χ4v) is 4.72. The third-order valence-electron chi connectivity index (χ3n) is 5.38. The summed E-state index contributed by atoms with van der Waals surface area (Å²) in [7, 11) is 1.58. The van der Waals surface area contributed by atoms with Crippen LogP contribution in [-0.2, 0) is 0 Å². The SMILES string of the molecule is CNc1cc2c(cc1F)C(=O)N(c1ccc(C(=O)N[C@H](c3nn[nH]n3)c3ccc(Cl)s3)cc1)CO2. The van der Waals surface area contributed by atoms with Gasteiger partial charge >= 0.3 is 0 Å². The number of halogens is 2. The smallest absolute Gasteiger partial charge is 0.264 e. The zero-order valence-corrected chi connectivity index (χ0v) is 19.7. The first kappa shape index (κ1) is 22.7. The number of hydrogen-bond donors (Lipinski definition) is 3. The number of carbonyl (C=O) groups excluding carboxylic acids is 2. The van der Waals surface area contributed by atoms with E-state index in [1.165, 1.54) is 22.3 Å². The van der Waals surface area contributed by atoms with Gasteiger partial charge in [-0.15, -0.1) is 21.5 Å². The molecule has 0 unspecified atom stereocenters. The van der Waals surface area contributed by atoms with Crippen molar-refractivity contribution >= 4 is 46.1 Å². The summed E-state index contributed by atoms with van der Waals surface area (Å²) in [5, 5.41) is 19.5. The molecule has 13 heteroatoms. The molecule has 0 radical (unpaired) electrons. The molecule has 10 nitrogen and oxygen atoms in total. The summed E-state index contributed by atoms with van der Waals surface area (Å²) < 4.78 is 20.4. The standard InChI is InChI=1S/C22H17ClFN7O3S/c1-25-15-9-16-13(8-14(15)24)22(33)31(10-34-16)12-4-2-11(3-5-12)21(32)26-19(20-27-29-30-28-20)17-6-7-18(23)35-17/h2-9,19,25H,10H2,1H3,(H,26,32)(H,27,28,29,30)/t19-/m0/s1. The first-order valence-electron chi connectivity index (χ1n) is 10.3. The second kappa shape index (κ2) is 9.31. The van der Waals surface area contributed by atoms with Gasteiger partial charge in [0, 0.05) is 29.2 Å². The molecule has 178 valence electrons. The van der Waals surface area contributed by atoms with Crippen molar-refractivity contribution in [2.24, 2.45) is 0 Å². The molecule has 3 heterocycles. The molecule has 2 aromatic carbocycles. The molecule has 0 aliphatic carbocycles. The number of anilines is 2. The van der Waals surface area contributed by atoms with Crippen LogP contribution in [0.4, 0.5) is 15.8 Å². The van der Waals surface area contributed by atoms with Crippen LogP contribution in [0.25, 0.3) is 0 Å². The van der Waals surface area contributed by atoms with Crippen LogP contribution in [0.15, 0.2) is 48.5 Å². The van der Waals surface area contributed by atoms with Crippen molar-refractivity contribution in [1.82, 2.24) is 25.9 Å². The average Bonchev–Trinajstić information content (AvgIpc) is 3.55. The molecular weight excluding hydrogens is 497 g/mol. The Labute approximate surface area is 207 Å². The van der Waals surface area contributed by atoms with Crippen molar-refractivity contribution in [2.75, 3.05) is 24.0 Å². The lowest BCUT2D eigenvalue weighted by atomic mass is 10.1. The summed E-state index contributed by atoms with van der Waals surface area (Å²) in [5.74, 6) is -0.757. The van der Waals surface area contributed by atoms with Gasteiger partial charge in [-0.1, -0.05) is 16.8 Å². The van der Waals surface area contributed by atoms with Crippen LogP contribution in [0.5, 0.6) is 5.75 Å². The van der Waals surface area contributed by atoms with E-state index >= 15 is 0 Å². The second-order valence-electron chi connectivity index (χ2n) is 7.45. The summed E-state index contributed by atoms with van der Waals surface area (Å²) in [4.78, 5) is 28.0. The molecule has 3 N–H and O–H groups in total. The fraction of sp³-hybridized carbons (Fsp3) is 0.136. The number of nitrogens with one attached hydrogen (secondary N) is 3. The van der Waals surface area contributed by atoms with E-state index in [4.69, 9.17) is 16.3 Å². The Kier molecular flexibility index (Phi) is 6.05. The Morgan fingerprint density at radius 2 is 2.06 bits per heavy atom. The first-order chi connectivity index (χ1) is 16.9. The van der Waals surface area contributed by atoms with E-state index in [1.54, 1.807) is 43.4 Å². The van der Waals surface area contributed by atoms with E-state index in [2.05, 4.69) is 31.3 Å². The number of ether oxygens (including phenoxy) is 1. The van der Waals surface area contributed by atoms with Crippen molar-refractivity contribution in [3.63, 3.8) is 0 Å². The fourth-order valence-electron chi connectivity index (χ4n) is 3.61. The number of amides is 2.